The van der Waals surface area contributed by atoms with E-state index < -0.39 is 0 Å². The Balaban J connectivity index is 1.35. The predicted octanol–water partition coefficient (Wildman–Crippen LogP) is 6.97. The zero-order valence-corrected chi connectivity index (χ0v) is 20.0. The van der Waals surface area contributed by atoms with Crippen molar-refractivity contribution < 1.29 is 9.47 Å². The Bertz CT molecular complexity index is 1210. The van der Waals surface area contributed by atoms with E-state index >= 15 is 0 Å². The van der Waals surface area contributed by atoms with Crippen LogP contribution in [0.5, 0.6) is 11.5 Å². The van der Waals surface area contributed by atoms with Crippen LogP contribution in [0.3, 0.4) is 0 Å². The van der Waals surface area contributed by atoms with Gasteiger partial charge in [0.1, 0.15) is 18.1 Å². The van der Waals surface area contributed by atoms with Crippen LogP contribution in [0.25, 0.3) is 21.9 Å². The van der Waals surface area contributed by atoms with Crippen LogP contribution in [0.4, 0.5) is 0 Å². The summed E-state index contributed by atoms with van der Waals surface area (Å²) >= 11 is 0. The first-order valence-electron chi connectivity index (χ1n) is 12.4. The number of benzene rings is 4. The lowest BCUT2D eigenvalue weighted by molar-refractivity contribution is 0.183. The zero-order chi connectivity index (χ0) is 23.2. The Labute approximate surface area is 202 Å². The summed E-state index contributed by atoms with van der Waals surface area (Å²) in [6.07, 6.45) is 4.88. The van der Waals surface area contributed by atoms with E-state index in [1.54, 1.807) is 7.11 Å². The highest BCUT2D eigenvalue weighted by Crippen LogP contribution is 2.33. The van der Waals surface area contributed by atoms with E-state index in [0.29, 0.717) is 0 Å². The minimum atomic E-state index is 0.754. The average Bonchev–Trinajstić information content (AvgIpc) is 2.90. The lowest BCUT2D eigenvalue weighted by atomic mass is 9.90. The molecule has 4 aromatic carbocycles. The average molecular weight is 452 g/mol. The van der Waals surface area contributed by atoms with Crippen molar-refractivity contribution in [3.05, 3.63) is 96.1 Å². The summed E-state index contributed by atoms with van der Waals surface area (Å²) in [4.78, 5) is 2.51. The van der Waals surface area contributed by atoms with Gasteiger partial charge >= 0.3 is 0 Å². The van der Waals surface area contributed by atoms with Gasteiger partial charge in [0, 0.05) is 6.54 Å². The van der Waals surface area contributed by atoms with E-state index in [0.717, 1.165) is 31.1 Å². The van der Waals surface area contributed by atoms with E-state index in [1.165, 1.54) is 65.4 Å². The molecule has 0 atom stereocenters. The topological polar surface area (TPSA) is 21.7 Å². The monoisotopic (exact) mass is 451 g/mol. The number of likely N-dealkylation sites (tertiary alicyclic amines) is 1. The molecule has 1 heterocycles. The molecular formula is C31H33NO2. The van der Waals surface area contributed by atoms with Crippen LogP contribution in [0.2, 0.25) is 0 Å². The normalized spacial score (nSPS) is 14.3. The van der Waals surface area contributed by atoms with E-state index in [2.05, 4.69) is 77.7 Å². The molecule has 3 nitrogen and oxygen atoms in total. The third-order valence-corrected chi connectivity index (χ3v) is 6.87. The SMILES string of the molecule is COc1ccc(-c2ccc3ccccc3c2Cc2ccc(OCCN3CCCCC3)cc2)cc1. The molecule has 0 amide bonds. The van der Waals surface area contributed by atoms with E-state index in [9.17, 15) is 0 Å². The summed E-state index contributed by atoms with van der Waals surface area (Å²) in [6, 6.07) is 30.1. The molecule has 0 radical (unpaired) electrons. The van der Waals surface area contributed by atoms with Gasteiger partial charge in [0.2, 0.25) is 0 Å². The highest BCUT2D eigenvalue weighted by molar-refractivity contribution is 5.92. The Kier molecular flexibility index (Phi) is 7.11. The first-order valence-corrected chi connectivity index (χ1v) is 12.4. The molecule has 1 aliphatic heterocycles. The Morgan fingerprint density at radius 1 is 0.735 bits per heavy atom. The van der Waals surface area contributed by atoms with Crippen LogP contribution in [-0.2, 0) is 6.42 Å². The van der Waals surface area contributed by atoms with Crippen molar-refractivity contribution in [3.63, 3.8) is 0 Å². The molecule has 174 valence electrons. The van der Waals surface area contributed by atoms with Gasteiger partial charge in [-0.05, 0) is 89.6 Å². The standard InChI is InChI=1S/C31H33NO2/c1-33-27-16-11-26(12-17-27)30-18-13-25-7-3-4-8-29(25)31(30)23-24-9-14-28(15-10-24)34-22-21-32-19-5-2-6-20-32/h3-4,7-18H,2,5-6,19-23H2,1H3. The maximum atomic E-state index is 6.05. The number of hydrogen-bond acceptors (Lipinski definition) is 3. The minimum Gasteiger partial charge on any atom is -0.497 e. The van der Waals surface area contributed by atoms with E-state index in [-0.39, 0.29) is 0 Å². The van der Waals surface area contributed by atoms with Gasteiger partial charge < -0.3 is 9.47 Å². The first-order chi connectivity index (χ1) is 16.8. The van der Waals surface area contributed by atoms with Gasteiger partial charge in [0.05, 0.1) is 7.11 Å². The van der Waals surface area contributed by atoms with Gasteiger partial charge in [-0.1, -0.05) is 67.1 Å². The second kappa shape index (κ2) is 10.8. The smallest absolute Gasteiger partial charge is 0.119 e. The van der Waals surface area contributed by atoms with Gasteiger partial charge in [-0.2, -0.15) is 0 Å². The molecule has 1 fully saturated rings. The quantitative estimate of drug-likeness (QED) is 0.289. The van der Waals surface area contributed by atoms with Crippen LogP contribution in [-0.4, -0.2) is 38.3 Å². The fourth-order valence-corrected chi connectivity index (χ4v) is 4.95. The molecule has 34 heavy (non-hydrogen) atoms. The second-order valence-electron chi connectivity index (χ2n) is 9.11. The van der Waals surface area contributed by atoms with Gasteiger partial charge in [0.15, 0.2) is 0 Å². The minimum absolute atomic E-state index is 0.754. The molecule has 0 aromatic heterocycles. The number of fused-ring (bicyclic) bond motifs is 1. The summed E-state index contributed by atoms with van der Waals surface area (Å²) < 4.78 is 11.4. The van der Waals surface area contributed by atoms with Gasteiger partial charge in [-0.25, -0.2) is 0 Å². The largest absolute Gasteiger partial charge is 0.497 e. The molecule has 0 spiro atoms. The van der Waals surface area contributed by atoms with Crippen LogP contribution in [0.1, 0.15) is 30.4 Å². The highest BCUT2D eigenvalue weighted by Gasteiger charge is 2.12. The first kappa shape index (κ1) is 22.5. The van der Waals surface area contributed by atoms with Crippen LogP contribution < -0.4 is 9.47 Å². The lowest BCUT2D eigenvalue weighted by Crippen LogP contribution is -2.33. The van der Waals surface area contributed by atoms with E-state index in [1.807, 2.05) is 12.1 Å². The third kappa shape index (κ3) is 5.26. The fraction of sp³-hybridized carbons (Fsp3) is 0.290. The van der Waals surface area contributed by atoms with Gasteiger partial charge in [-0.3, -0.25) is 4.90 Å². The summed E-state index contributed by atoms with van der Waals surface area (Å²) in [6.45, 7) is 4.20. The number of methoxy groups -OCH3 is 1. The maximum Gasteiger partial charge on any atom is 0.119 e. The summed E-state index contributed by atoms with van der Waals surface area (Å²) in [5, 5.41) is 2.57. The van der Waals surface area contributed by atoms with Crippen LogP contribution >= 0.6 is 0 Å². The number of hydrogen-bond donors (Lipinski definition) is 0. The van der Waals surface area contributed by atoms with Crippen molar-refractivity contribution in [1.82, 2.24) is 4.90 Å². The summed E-state index contributed by atoms with van der Waals surface area (Å²) in [7, 11) is 1.71. The molecule has 0 unspecified atom stereocenters. The van der Waals surface area contributed by atoms with Crippen molar-refractivity contribution in [3.8, 4) is 22.6 Å². The summed E-state index contributed by atoms with van der Waals surface area (Å²) in [5.41, 5.74) is 5.11. The third-order valence-electron chi connectivity index (χ3n) is 6.87. The van der Waals surface area contributed by atoms with Gasteiger partial charge in [0.25, 0.3) is 0 Å². The van der Waals surface area contributed by atoms with Crippen LogP contribution in [0, 0.1) is 0 Å². The Morgan fingerprint density at radius 2 is 1.47 bits per heavy atom. The number of rotatable bonds is 8. The van der Waals surface area contributed by atoms with Crippen LogP contribution in [0.15, 0.2) is 84.9 Å². The summed E-state index contributed by atoms with van der Waals surface area (Å²) in [5.74, 6) is 1.83. The molecular weight excluding hydrogens is 418 g/mol. The lowest BCUT2D eigenvalue weighted by Gasteiger charge is -2.26. The fourth-order valence-electron chi connectivity index (χ4n) is 4.95. The van der Waals surface area contributed by atoms with Crippen molar-refractivity contribution >= 4 is 10.8 Å². The molecule has 1 aliphatic rings. The van der Waals surface area contributed by atoms with E-state index in [4.69, 9.17) is 9.47 Å². The molecule has 1 saturated heterocycles. The number of nitrogens with zero attached hydrogens (tertiary/aromatic N) is 1. The Hall–Kier alpha value is -3.30. The van der Waals surface area contributed by atoms with Crippen molar-refractivity contribution in [2.75, 3.05) is 33.4 Å². The number of piperidine rings is 1. The molecule has 3 heteroatoms. The predicted molar refractivity (Wildman–Crippen MR) is 141 cm³/mol. The van der Waals surface area contributed by atoms with Crippen molar-refractivity contribution in [1.29, 1.82) is 0 Å². The zero-order valence-electron chi connectivity index (χ0n) is 20.0. The number of ether oxygens (including phenoxy) is 2. The van der Waals surface area contributed by atoms with Crippen molar-refractivity contribution in [2.45, 2.75) is 25.7 Å². The Morgan fingerprint density at radius 3 is 2.24 bits per heavy atom. The molecule has 5 rings (SSSR count). The maximum absolute atomic E-state index is 6.05. The van der Waals surface area contributed by atoms with Crippen molar-refractivity contribution in [2.24, 2.45) is 0 Å². The molecule has 0 aliphatic carbocycles. The highest BCUT2D eigenvalue weighted by atomic mass is 16.5. The molecule has 0 N–H and O–H groups in total. The molecule has 0 bridgehead atoms. The molecule has 4 aromatic rings. The van der Waals surface area contributed by atoms with Gasteiger partial charge in [-0.15, -0.1) is 0 Å². The second-order valence-corrected chi connectivity index (χ2v) is 9.11. The molecule has 0 saturated carbocycles.